The number of fused-ring (bicyclic) bond motifs is 2. The van der Waals surface area contributed by atoms with E-state index in [2.05, 4.69) is 5.32 Å². The van der Waals surface area contributed by atoms with E-state index in [9.17, 15) is 5.11 Å². The van der Waals surface area contributed by atoms with Crippen molar-refractivity contribution in [2.45, 2.75) is 18.9 Å². The molecular weight excluding hydrogens is 334 g/mol. The first-order valence-corrected chi connectivity index (χ1v) is 8.63. The van der Waals surface area contributed by atoms with Gasteiger partial charge in [0.1, 0.15) is 0 Å². The van der Waals surface area contributed by atoms with Gasteiger partial charge in [0, 0.05) is 22.7 Å². The zero-order valence-corrected chi connectivity index (χ0v) is 15.4. The molecule has 1 unspecified atom stereocenters. The van der Waals surface area contributed by atoms with Gasteiger partial charge in [-0.1, -0.05) is 6.07 Å². The molecule has 1 aliphatic heterocycles. The molecule has 0 bridgehead atoms. The van der Waals surface area contributed by atoms with Crippen molar-refractivity contribution in [3.05, 3.63) is 28.8 Å². The Morgan fingerprint density at radius 2 is 1.65 bits per heavy atom. The fraction of sp³-hybridized carbons (Fsp3) is 0.400. The smallest absolute Gasteiger partial charge is 0.204 e. The van der Waals surface area contributed by atoms with Crippen LogP contribution in [0.15, 0.2) is 12.1 Å². The highest BCUT2D eigenvalue weighted by atomic mass is 16.5. The van der Waals surface area contributed by atoms with Gasteiger partial charge in [0.15, 0.2) is 23.0 Å². The van der Waals surface area contributed by atoms with Gasteiger partial charge in [0.05, 0.1) is 28.4 Å². The molecule has 138 valence electrons. The van der Waals surface area contributed by atoms with Gasteiger partial charge in [-0.3, -0.25) is 0 Å². The van der Waals surface area contributed by atoms with E-state index in [0.29, 0.717) is 23.0 Å². The number of nitrogens with one attached hydrogen (secondary N) is 1. The average molecular weight is 357 g/mol. The molecule has 6 nitrogen and oxygen atoms in total. The molecule has 4 rings (SSSR count). The van der Waals surface area contributed by atoms with Crippen LogP contribution in [0.25, 0.3) is 11.1 Å². The summed E-state index contributed by atoms with van der Waals surface area (Å²) in [6.07, 6.45) is 1.61. The number of benzene rings is 2. The molecule has 0 fully saturated rings. The number of methoxy groups -OCH3 is 4. The second-order valence-electron chi connectivity index (χ2n) is 6.48. The normalized spacial score (nSPS) is 17.2. The highest BCUT2D eigenvalue weighted by Crippen LogP contribution is 2.58. The molecule has 26 heavy (non-hydrogen) atoms. The van der Waals surface area contributed by atoms with E-state index < -0.39 is 0 Å². The molecule has 1 atom stereocenters. The van der Waals surface area contributed by atoms with E-state index in [4.69, 9.17) is 18.9 Å². The van der Waals surface area contributed by atoms with E-state index >= 15 is 0 Å². The Labute approximate surface area is 152 Å². The van der Waals surface area contributed by atoms with E-state index in [1.54, 1.807) is 34.5 Å². The summed E-state index contributed by atoms with van der Waals surface area (Å²) in [5.74, 6) is 2.40. The lowest BCUT2D eigenvalue weighted by Gasteiger charge is -2.37. The molecule has 2 aromatic carbocycles. The fourth-order valence-corrected chi connectivity index (χ4v) is 4.32. The number of aromatic hydroxyl groups is 1. The third kappa shape index (κ3) is 2.15. The summed E-state index contributed by atoms with van der Waals surface area (Å²) >= 11 is 0. The number of ether oxygens (including phenoxy) is 4. The number of rotatable bonds is 4. The highest BCUT2D eigenvalue weighted by molar-refractivity contribution is 5.90. The third-order valence-corrected chi connectivity index (χ3v) is 5.36. The molecule has 2 N–H and O–H groups in total. The van der Waals surface area contributed by atoms with Crippen LogP contribution in [-0.4, -0.2) is 40.1 Å². The summed E-state index contributed by atoms with van der Waals surface area (Å²) in [5.41, 5.74) is 4.87. The monoisotopic (exact) mass is 357 g/mol. The van der Waals surface area contributed by atoms with Crippen molar-refractivity contribution in [1.29, 1.82) is 0 Å². The van der Waals surface area contributed by atoms with Crippen LogP contribution in [-0.2, 0) is 12.8 Å². The van der Waals surface area contributed by atoms with Crippen LogP contribution in [0.1, 0.15) is 22.7 Å². The van der Waals surface area contributed by atoms with Crippen LogP contribution >= 0.6 is 0 Å². The third-order valence-electron chi connectivity index (χ3n) is 5.36. The van der Waals surface area contributed by atoms with E-state index in [-0.39, 0.29) is 11.8 Å². The number of hydrogen-bond acceptors (Lipinski definition) is 6. The Hall–Kier alpha value is -2.60. The zero-order valence-electron chi connectivity index (χ0n) is 15.4. The Morgan fingerprint density at radius 3 is 2.31 bits per heavy atom. The lowest BCUT2D eigenvalue weighted by Crippen LogP contribution is -2.34. The predicted molar refractivity (Wildman–Crippen MR) is 97.9 cm³/mol. The second kappa shape index (κ2) is 6.29. The van der Waals surface area contributed by atoms with Gasteiger partial charge in [0.2, 0.25) is 5.75 Å². The predicted octanol–water partition coefficient (Wildman–Crippen LogP) is 2.84. The molecule has 0 saturated carbocycles. The molecule has 0 spiro atoms. The van der Waals surface area contributed by atoms with Crippen molar-refractivity contribution >= 4 is 0 Å². The maximum absolute atomic E-state index is 10.9. The largest absolute Gasteiger partial charge is 0.504 e. The summed E-state index contributed by atoms with van der Waals surface area (Å²) in [5, 5.41) is 14.5. The quantitative estimate of drug-likeness (QED) is 0.877. The van der Waals surface area contributed by atoms with Crippen molar-refractivity contribution in [2.24, 2.45) is 0 Å². The minimum atomic E-state index is 0.127. The summed E-state index contributed by atoms with van der Waals surface area (Å²) in [4.78, 5) is 0. The molecule has 2 aliphatic rings. The van der Waals surface area contributed by atoms with Crippen LogP contribution in [0.3, 0.4) is 0 Å². The average Bonchev–Trinajstić information content (AvgIpc) is 2.67. The van der Waals surface area contributed by atoms with Crippen molar-refractivity contribution in [1.82, 2.24) is 5.32 Å². The van der Waals surface area contributed by atoms with E-state index in [0.717, 1.165) is 47.2 Å². The lowest BCUT2D eigenvalue weighted by atomic mass is 9.76. The van der Waals surface area contributed by atoms with Crippen LogP contribution in [0.4, 0.5) is 0 Å². The van der Waals surface area contributed by atoms with Gasteiger partial charge in [0.25, 0.3) is 0 Å². The van der Waals surface area contributed by atoms with Gasteiger partial charge in [-0.05, 0) is 36.6 Å². The van der Waals surface area contributed by atoms with Crippen LogP contribution in [0.2, 0.25) is 0 Å². The number of phenols is 1. The molecule has 6 heteroatoms. The lowest BCUT2D eigenvalue weighted by molar-refractivity contribution is 0.318. The molecule has 0 aromatic heterocycles. The Balaban J connectivity index is 2.15. The van der Waals surface area contributed by atoms with Crippen molar-refractivity contribution in [3.63, 3.8) is 0 Å². The van der Waals surface area contributed by atoms with Gasteiger partial charge in [-0.2, -0.15) is 0 Å². The topological polar surface area (TPSA) is 69.2 Å². The molecular formula is C20H23NO5. The number of phenolic OH excluding ortho intramolecular Hbond substituents is 1. The zero-order chi connectivity index (χ0) is 18.4. The summed E-state index contributed by atoms with van der Waals surface area (Å²) < 4.78 is 22.4. The molecule has 1 aliphatic carbocycles. The molecule has 0 radical (unpaired) electrons. The first-order valence-electron chi connectivity index (χ1n) is 8.63. The van der Waals surface area contributed by atoms with Crippen molar-refractivity contribution < 1.29 is 24.1 Å². The van der Waals surface area contributed by atoms with Crippen LogP contribution in [0, 0.1) is 0 Å². The summed E-state index contributed by atoms with van der Waals surface area (Å²) in [6.45, 7) is 0.862. The standard InChI is InChI=1S/C20H23NO5/c1-23-13-6-5-10-9-12-15-11(7-8-21-12)18(24-2)20(26-4)19(25-3)16(15)14(10)17(13)22/h5-6,12,21-22H,7-9H2,1-4H3. The highest BCUT2D eigenvalue weighted by Gasteiger charge is 2.38. The minimum absolute atomic E-state index is 0.127. The fourth-order valence-electron chi connectivity index (χ4n) is 4.32. The van der Waals surface area contributed by atoms with Gasteiger partial charge in [-0.15, -0.1) is 0 Å². The molecule has 1 heterocycles. The SMILES string of the molecule is COc1ccc2c(c1O)-c1c(OC)c(OC)c(OC)c3c1C(C2)NCC3. The molecule has 2 aromatic rings. The van der Waals surface area contributed by atoms with Gasteiger partial charge < -0.3 is 29.4 Å². The molecule has 0 amide bonds. The van der Waals surface area contributed by atoms with Crippen molar-refractivity contribution in [3.8, 4) is 39.9 Å². The Kier molecular flexibility index (Phi) is 4.07. The maximum Gasteiger partial charge on any atom is 0.204 e. The summed E-state index contributed by atoms with van der Waals surface area (Å²) in [6, 6.07) is 3.95. The number of hydrogen-bond donors (Lipinski definition) is 2. The first-order chi connectivity index (χ1) is 12.7. The second-order valence-corrected chi connectivity index (χ2v) is 6.48. The van der Waals surface area contributed by atoms with E-state index in [1.165, 1.54) is 0 Å². The van der Waals surface area contributed by atoms with Gasteiger partial charge >= 0.3 is 0 Å². The van der Waals surface area contributed by atoms with Crippen molar-refractivity contribution in [2.75, 3.05) is 35.0 Å². The van der Waals surface area contributed by atoms with Gasteiger partial charge in [-0.25, -0.2) is 0 Å². The first kappa shape index (κ1) is 16.8. The Morgan fingerprint density at radius 1 is 0.923 bits per heavy atom. The van der Waals surface area contributed by atoms with E-state index in [1.807, 2.05) is 6.07 Å². The Bertz CT molecular complexity index is 877. The van der Waals surface area contributed by atoms with Crippen LogP contribution in [0.5, 0.6) is 28.7 Å². The minimum Gasteiger partial charge on any atom is -0.504 e. The van der Waals surface area contributed by atoms with Crippen LogP contribution < -0.4 is 24.3 Å². The molecule has 0 saturated heterocycles. The summed E-state index contributed by atoms with van der Waals surface area (Å²) in [7, 11) is 6.41. The maximum atomic E-state index is 10.9.